The van der Waals surface area contributed by atoms with Gasteiger partial charge >= 0.3 is 0 Å². The van der Waals surface area contributed by atoms with Crippen LogP contribution in [-0.4, -0.2) is 23.3 Å². The minimum absolute atomic E-state index is 0.111. The molecular weight excluding hydrogens is 297 g/mol. The first-order valence-electron chi connectivity index (χ1n) is 6.70. The Bertz CT molecular complexity index is 559. The average molecular weight is 314 g/mol. The lowest BCUT2D eigenvalue weighted by Crippen LogP contribution is -2.16. The van der Waals surface area contributed by atoms with E-state index in [1.54, 1.807) is 12.1 Å². The molecule has 0 saturated carbocycles. The number of nitrogens with one attached hydrogen (secondary N) is 1. The minimum Gasteiger partial charge on any atom is -0.317 e. The molecule has 2 rings (SSSR count). The first-order valence-corrected chi connectivity index (χ1v) is 7.89. The van der Waals surface area contributed by atoms with E-state index in [1.807, 2.05) is 0 Å². The maximum absolute atomic E-state index is 13.4. The summed E-state index contributed by atoms with van der Waals surface area (Å²) in [5.41, 5.74) is 0.611. The number of rotatable bonds is 7. The van der Waals surface area contributed by atoms with Crippen LogP contribution in [0.15, 0.2) is 18.2 Å². The van der Waals surface area contributed by atoms with E-state index in [9.17, 15) is 4.39 Å². The molecule has 0 saturated heterocycles. The second-order valence-electron chi connectivity index (χ2n) is 4.46. The summed E-state index contributed by atoms with van der Waals surface area (Å²) < 4.78 is 13.4. The van der Waals surface area contributed by atoms with Crippen LogP contribution >= 0.6 is 22.9 Å². The summed E-state index contributed by atoms with van der Waals surface area (Å²) in [6.45, 7) is 4.16. The Kier molecular flexibility index (Phi) is 5.88. The van der Waals surface area contributed by atoms with Crippen molar-refractivity contribution in [1.82, 2.24) is 15.5 Å². The van der Waals surface area contributed by atoms with Crippen LogP contribution in [0.25, 0.3) is 10.6 Å². The molecule has 2 aromatic rings. The second-order valence-corrected chi connectivity index (χ2v) is 5.90. The fourth-order valence-electron chi connectivity index (χ4n) is 1.80. The van der Waals surface area contributed by atoms with Crippen molar-refractivity contribution in [2.75, 3.05) is 13.1 Å². The molecule has 1 aromatic heterocycles. The second kappa shape index (κ2) is 7.67. The Morgan fingerprint density at radius 1 is 1.30 bits per heavy atom. The largest absolute Gasteiger partial charge is 0.317 e. The maximum Gasteiger partial charge on any atom is 0.149 e. The van der Waals surface area contributed by atoms with Crippen molar-refractivity contribution >= 4 is 22.9 Å². The first-order chi connectivity index (χ1) is 9.72. The number of benzene rings is 1. The molecule has 0 radical (unpaired) electrons. The average Bonchev–Trinajstić information content (AvgIpc) is 2.90. The molecule has 0 atom stereocenters. The van der Waals surface area contributed by atoms with Crippen LogP contribution in [0.3, 0.4) is 0 Å². The van der Waals surface area contributed by atoms with Gasteiger partial charge in [0.2, 0.25) is 0 Å². The lowest BCUT2D eigenvalue weighted by molar-refractivity contribution is 0.628. The lowest BCUT2D eigenvalue weighted by atomic mass is 10.2. The topological polar surface area (TPSA) is 37.8 Å². The van der Waals surface area contributed by atoms with Crippen LogP contribution in [0.2, 0.25) is 5.02 Å². The molecular formula is C14H17ClFN3S. The van der Waals surface area contributed by atoms with Crippen molar-refractivity contribution in [3.63, 3.8) is 0 Å². The molecule has 0 unspecified atom stereocenters. The van der Waals surface area contributed by atoms with Crippen LogP contribution in [0.1, 0.15) is 24.8 Å². The number of halogens is 2. The third-order valence-corrected chi connectivity index (χ3v) is 4.22. The smallest absolute Gasteiger partial charge is 0.149 e. The van der Waals surface area contributed by atoms with Gasteiger partial charge in [-0.2, -0.15) is 0 Å². The van der Waals surface area contributed by atoms with Crippen molar-refractivity contribution in [1.29, 1.82) is 0 Å². The lowest BCUT2D eigenvalue weighted by Gasteiger charge is -2.00. The summed E-state index contributed by atoms with van der Waals surface area (Å²) in [4.78, 5) is 0. The summed E-state index contributed by atoms with van der Waals surface area (Å²) >= 11 is 7.42. The molecule has 0 amide bonds. The minimum atomic E-state index is -0.426. The highest BCUT2D eigenvalue weighted by Crippen LogP contribution is 2.31. The molecule has 20 heavy (non-hydrogen) atoms. The van der Waals surface area contributed by atoms with E-state index >= 15 is 0 Å². The number of hydrogen-bond donors (Lipinski definition) is 1. The quantitative estimate of drug-likeness (QED) is 0.787. The third kappa shape index (κ3) is 3.98. The molecule has 108 valence electrons. The van der Waals surface area contributed by atoms with Gasteiger partial charge in [0.05, 0.1) is 5.02 Å². The molecule has 1 heterocycles. The van der Waals surface area contributed by atoms with Crippen molar-refractivity contribution in [3.8, 4) is 10.6 Å². The van der Waals surface area contributed by atoms with Gasteiger partial charge in [-0.1, -0.05) is 42.0 Å². The number of aromatic nitrogens is 2. The van der Waals surface area contributed by atoms with Gasteiger partial charge in [0, 0.05) is 12.0 Å². The number of hydrogen-bond acceptors (Lipinski definition) is 4. The monoisotopic (exact) mass is 313 g/mol. The number of nitrogens with zero attached hydrogens (tertiary/aromatic N) is 2. The summed E-state index contributed by atoms with van der Waals surface area (Å²) in [5.74, 6) is -0.426. The van der Waals surface area contributed by atoms with Gasteiger partial charge in [0.15, 0.2) is 0 Å². The van der Waals surface area contributed by atoms with Gasteiger partial charge in [-0.25, -0.2) is 4.39 Å². The Morgan fingerprint density at radius 2 is 2.15 bits per heavy atom. The van der Waals surface area contributed by atoms with E-state index in [0.717, 1.165) is 37.4 Å². The summed E-state index contributed by atoms with van der Waals surface area (Å²) in [6, 6.07) is 4.73. The third-order valence-electron chi connectivity index (χ3n) is 2.82. The molecule has 0 aliphatic rings. The zero-order chi connectivity index (χ0) is 14.4. The van der Waals surface area contributed by atoms with E-state index in [0.29, 0.717) is 10.6 Å². The van der Waals surface area contributed by atoms with Gasteiger partial charge in [0.1, 0.15) is 15.8 Å². The van der Waals surface area contributed by atoms with Crippen LogP contribution in [0, 0.1) is 5.82 Å². The standard InChI is InChI=1S/C14H17ClFN3S/c1-2-8-17-9-4-7-12-18-19-14(20-12)10-5-3-6-11(16)13(10)15/h3,5-6,17H,2,4,7-9H2,1H3. The van der Waals surface area contributed by atoms with E-state index in [4.69, 9.17) is 11.6 Å². The molecule has 0 spiro atoms. The SMILES string of the molecule is CCCNCCCc1nnc(-c2cccc(F)c2Cl)s1. The Hall–Kier alpha value is -1.04. The Morgan fingerprint density at radius 3 is 2.95 bits per heavy atom. The van der Waals surface area contributed by atoms with Crippen LogP contribution in [-0.2, 0) is 6.42 Å². The van der Waals surface area contributed by atoms with Gasteiger partial charge < -0.3 is 5.32 Å². The highest BCUT2D eigenvalue weighted by Gasteiger charge is 2.12. The van der Waals surface area contributed by atoms with Crippen LogP contribution < -0.4 is 5.32 Å². The Labute approximate surface area is 127 Å². The zero-order valence-corrected chi connectivity index (χ0v) is 12.9. The van der Waals surface area contributed by atoms with Gasteiger partial charge in [-0.3, -0.25) is 0 Å². The van der Waals surface area contributed by atoms with E-state index in [-0.39, 0.29) is 5.02 Å². The van der Waals surface area contributed by atoms with Crippen molar-refractivity contribution in [2.24, 2.45) is 0 Å². The fraction of sp³-hybridized carbons (Fsp3) is 0.429. The van der Waals surface area contributed by atoms with E-state index in [1.165, 1.54) is 17.4 Å². The predicted octanol–water partition coefficient (Wildman–Crippen LogP) is 3.93. The van der Waals surface area contributed by atoms with Crippen molar-refractivity contribution < 1.29 is 4.39 Å². The zero-order valence-electron chi connectivity index (χ0n) is 11.3. The molecule has 0 bridgehead atoms. The molecule has 3 nitrogen and oxygen atoms in total. The van der Waals surface area contributed by atoms with Gasteiger partial charge in [-0.05, 0) is 32.0 Å². The molecule has 0 fully saturated rings. The van der Waals surface area contributed by atoms with Crippen LogP contribution in [0.5, 0.6) is 0 Å². The highest BCUT2D eigenvalue weighted by atomic mass is 35.5. The molecule has 0 aliphatic heterocycles. The fourth-order valence-corrected chi connectivity index (χ4v) is 2.98. The maximum atomic E-state index is 13.4. The van der Waals surface area contributed by atoms with Gasteiger partial charge in [0.25, 0.3) is 0 Å². The normalized spacial score (nSPS) is 10.9. The molecule has 0 aliphatic carbocycles. The van der Waals surface area contributed by atoms with Crippen molar-refractivity contribution in [2.45, 2.75) is 26.2 Å². The van der Waals surface area contributed by atoms with Gasteiger partial charge in [-0.15, -0.1) is 10.2 Å². The summed E-state index contributed by atoms with van der Waals surface area (Å²) in [7, 11) is 0. The Balaban J connectivity index is 1.97. The number of aryl methyl sites for hydroxylation is 1. The predicted molar refractivity (Wildman–Crippen MR) is 81.8 cm³/mol. The molecule has 1 aromatic carbocycles. The summed E-state index contributed by atoms with van der Waals surface area (Å²) in [5, 5.41) is 13.3. The van der Waals surface area contributed by atoms with Crippen LogP contribution in [0.4, 0.5) is 4.39 Å². The molecule has 1 N–H and O–H groups in total. The molecule has 6 heteroatoms. The van der Waals surface area contributed by atoms with E-state index < -0.39 is 5.82 Å². The van der Waals surface area contributed by atoms with Crippen molar-refractivity contribution in [3.05, 3.63) is 34.0 Å². The summed E-state index contributed by atoms with van der Waals surface area (Å²) in [6.07, 6.45) is 3.04. The first kappa shape index (κ1) is 15.4. The highest BCUT2D eigenvalue weighted by molar-refractivity contribution is 7.14. The van der Waals surface area contributed by atoms with E-state index in [2.05, 4.69) is 22.4 Å².